The molecular weight excluding hydrogens is 826 g/mol. The van der Waals surface area contributed by atoms with Crippen LogP contribution in [0.2, 0.25) is 5.02 Å². The lowest BCUT2D eigenvalue weighted by molar-refractivity contribution is 0.0979. The molecular formula is C47H52ClN7O6S. The Morgan fingerprint density at radius 3 is 2.58 bits per heavy atom. The molecule has 9 rings (SSSR count). The van der Waals surface area contributed by atoms with E-state index in [1.54, 1.807) is 30.6 Å². The van der Waals surface area contributed by atoms with E-state index in [2.05, 4.69) is 61.0 Å². The number of sulfonamides is 1. The Hall–Kier alpha value is -5.44. The largest absolute Gasteiger partial charge is 0.489 e. The Bertz CT molecular complexity index is 2630. The van der Waals surface area contributed by atoms with Crippen LogP contribution in [0.15, 0.2) is 94.8 Å². The number of aromatic nitrogens is 2. The van der Waals surface area contributed by atoms with E-state index in [0.717, 1.165) is 93.8 Å². The van der Waals surface area contributed by atoms with Crippen molar-refractivity contribution in [3.05, 3.63) is 106 Å². The highest BCUT2D eigenvalue weighted by Crippen LogP contribution is 2.45. The maximum Gasteiger partial charge on any atom is 0.268 e. The standard InChI is InChI=1S/C47H52ClN7O6S/c1-47(2)16-14-33(39(26-47)30-8-10-34(48)11-9-30)28-54-18-20-55(21-19-54)35-12-13-38(42(23-35)61-36-22-32-15-17-49-45(32)50-27-36)46(56)53-62(58,59)37-24-40(52-57)44-43(25-37)60-29-41(51-44)31-6-4-3-5-7-31/h8-13,15,17,22-25,27,31,41,51H,3-7,14,16,18-21,26,28-29H2,1-2H3,(H,49,50)(H,53,56)/t41-/m0/s1. The summed E-state index contributed by atoms with van der Waals surface area (Å²) in [6, 6.07) is 19.5. The first kappa shape index (κ1) is 41.9. The predicted octanol–water partition coefficient (Wildman–Crippen LogP) is 10.1. The average Bonchev–Trinajstić information content (AvgIpc) is 3.75. The number of amides is 1. The number of hydrogen-bond acceptors (Lipinski definition) is 11. The quantitative estimate of drug-likeness (QED) is 0.109. The third-order valence-corrected chi connectivity index (χ3v) is 14.6. The molecule has 3 aromatic carbocycles. The number of ether oxygens (including phenoxy) is 2. The predicted molar refractivity (Wildman–Crippen MR) is 243 cm³/mol. The number of benzene rings is 3. The van der Waals surface area contributed by atoms with Crippen LogP contribution in [-0.4, -0.2) is 74.6 Å². The zero-order chi connectivity index (χ0) is 43.0. The molecule has 1 saturated heterocycles. The van der Waals surface area contributed by atoms with Crippen LogP contribution in [-0.2, 0) is 10.0 Å². The van der Waals surface area contributed by atoms with Crippen molar-refractivity contribution >= 4 is 61.2 Å². The average molecular weight is 878 g/mol. The minimum atomic E-state index is -4.50. The van der Waals surface area contributed by atoms with E-state index in [1.165, 1.54) is 35.3 Å². The van der Waals surface area contributed by atoms with E-state index in [0.29, 0.717) is 29.6 Å². The maximum atomic E-state index is 14.0. The van der Waals surface area contributed by atoms with Crippen molar-refractivity contribution in [1.82, 2.24) is 19.6 Å². The van der Waals surface area contributed by atoms with Crippen molar-refractivity contribution in [2.24, 2.45) is 16.5 Å². The number of allylic oxidation sites excluding steroid dienone is 1. The lowest BCUT2D eigenvalue weighted by atomic mass is 9.72. The smallest absolute Gasteiger partial charge is 0.268 e. The number of pyridine rings is 1. The fourth-order valence-corrected chi connectivity index (χ4v) is 10.6. The molecule has 0 radical (unpaired) electrons. The first-order valence-corrected chi connectivity index (χ1v) is 23.4. The Kier molecular flexibility index (Phi) is 11.7. The maximum absolute atomic E-state index is 14.0. The number of fused-ring (bicyclic) bond motifs is 2. The molecule has 2 fully saturated rings. The topological polar surface area (TPSA) is 158 Å². The van der Waals surface area contributed by atoms with E-state index >= 15 is 0 Å². The van der Waals surface area contributed by atoms with E-state index < -0.39 is 15.9 Å². The van der Waals surface area contributed by atoms with Crippen LogP contribution in [0.25, 0.3) is 16.6 Å². The Balaban J connectivity index is 0.939. The number of nitrogens with one attached hydrogen (secondary N) is 3. The second-order valence-corrected chi connectivity index (χ2v) is 20.0. The number of halogens is 1. The van der Waals surface area contributed by atoms with Gasteiger partial charge in [0.25, 0.3) is 15.9 Å². The lowest BCUT2D eigenvalue weighted by Crippen LogP contribution is -2.47. The SMILES string of the molecule is CC1(C)CCC(CN2CCN(c3ccc(C(=O)NS(=O)(=O)c4cc(N=O)c5c(c4)OC[C@@H](C4CCCCC4)N5)c(Oc4cnc5[nH]ccc5c4)c3)CC2)=C(c2ccc(Cl)cc2)C1. The zero-order valence-corrected chi connectivity index (χ0v) is 36.7. The molecule has 0 bridgehead atoms. The first-order valence-electron chi connectivity index (χ1n) is 21.6. The molecule has 15 heteroatoms. The van der Waals surface area contributed by atoms with E-state index in [9.17, 15) is 18.1 Å². The number of carbonyl (C=O) groups excluding carboxylic acids is 1. The second kappa shape index (κ2) is 17.4. The fraction of sp³-hybridized carbons (Fsp3) is 0.404. The molecule has 4 aliphatic rings. The molecule has 3 N–H and O–H groups in total. The highest BCUT2D eigenvalue weighted by atomic mass is 35.5. The summed E-state index contributed by atoms with van der Waals surface area (Å²) in [5.74, 6) is 0.230. The molecule has 13 nitrogen and oxygen atoms in total. The molecule has 1 saturated carbocycles. The number of piperazine rings is 1. The van der Waals surface area contributed by atoms with Gasteiger partial charge in [0, 0.05) is 67.1 Å². The van der Waals surface area contributed by atoms with Gasteiger partial charge in [0.05, 0.1) is 22.7 Å². The third-order valence-electron chi connectivity index (χ3n) is 13.0. The fourth-order valence-electron chi connectivity index (χ4n) is 9.48. The lowest BCUT2D eigenvalue weighted by Gasteiger charge is -2.39. The summed E-state index contributed by atoms with van der Waals surface area (Å²) in [7, 11) is -4.50. The van der Waals surface area contributed by atoms with Crippen LogP contribution in [0, 0.1) is 16.2 Å². The zero-order valence-electron chi connectivity index (χ0n) is 35.1. The van der Waals surface area contributed by atoms with Crippen LogP contribution in [0.1, 0.15) is 81.1 Å². The Labute approximate surface area is 367 Å². The van der Waals surface area contributed by atoms with Crippen molar-refractivity contribution in [3.63, 3.8) is 0 Å². The van der Waals surface area contributed by atoms with Crippen molar-refractivity contribution in [3.8, 4) is 17.2 Å². The summed E-state index contributed by atoms with van der Waals surface area (Å²) in [4.78, 5) is 38.1. The highest BCUT2D eigenvalue weighted by Gasteiger charge is 2.33. The van der Waals surface area contributed by atoms with Gasteiger partial charge in [0.1, 0.15) is 40.9 Å². The normalized spacial score (nSPS) is 19.7. The number of H-pyrrole nitrogens is 1. The van der Waals surface area contributed by atoms with Gasteiger partial charge in [0.15, 0.2) is 0 Å². The third kappa shape index (κ3) is 9.04. The van der Waals surface area contributed by atoms with Gasteiger partial charge in [-0.15, -0.1) is 4.91 Å². The molecule has 0 unspecified atom stereocenters. The van der Waals surface area contributed by atoms with Gasteiger partial charge in [-0.25, -0.2) is 18.1 Å². The molecule has 5 aromatic rings. The number of hydrogen-bond donors (Lipinski definition) is 3. The van der Waals surface area contributed by atoms with Crippen molar-refractivity contribution in [2.45, 2.75) is 76.2 Å². The number of rotatable bonds is 11. The van der Waals surface area contributed by atoms with Crippen LogP contribution in [0.5, 0.6) is 17.2 Å². The van der Waals surface area contributed by atoms with Gasteiger partial charge < -0.3 is 24.7 Å². The molecule has 4 heterocycles. The summed E-state index contributed by atoms with van der Waals surface area (Å²) in [5.41, 5.74) is 6.17. The minimum absolute atomic E-state index is 0.00644. The van der Waals surface area contributed by atoms with Crippen molar-refractivity contribution in [1.29, 1.82) is 0 Å². The molecule has 1 atom stereocenters. The summed E-state index contributed by atoms with van der Waals surface area (Å²) >= 11 is 6.25. The first-order chi connectivity index (χ1) is 29.9. The van der Waals surface area contributed by atoms with E-state index in [1.807, 2.05) is 24.3 Å². The molecule has 0 spiro atoms. The Morgan fingerprint density at radius 1 is 1.02 bits per heavy atom. The number of aromatic amines is 1. The summed E-state index contributed by atoms with van der Waals surface area (Å²) in [6.07, 6.45) is 12.2. The van der Waals surface area contributed by atoms with Crippen LogP contribution in [0.3, 0.4) is 0 Å². The van der Waals surface area contributed by atoms with Crippen LogP contribution in [0.4, 0.5) is 17.1 Å². The summed E-state index contributed by atoms with van der Waals surface area (Å²) in [6.45, 7) is 9.08. The van der Waals surface area contributed by atoms with Gasteiger partial charge >= 0.3 is 0 Å². The van der Waals surface area contributed by atoms with E-state index in [-0.39, 0.29) is 39.1 Å². The molecule has 2 aliphatic heterocycles. The molecule has 2 aromatic heterocycles. The number of anilines is 2. The van der Waals surface area contributed by atoms with Crippen molar-refractivity contribution in [2.75, 3.05) is 49.5 Å². The van der Waals surface area contributed by atoms with Gasteiger partial charge in [-0.05, 0) is 102 Å². The highest BCUT2D eigenvalue weighted by molar-refractivity contribution is 7.90. The van der Waals surface area contributed by atoms with Crippen LogP contribution >= 0.6 is 11.6 Å². The van der Waals surface area contributed by atoms with E-state index in [4.69, 9.17) is 21.1 Å². The molecule has 324 valence electrons. The molecule has 62 heavy (non-hydrogen) atoms. The minimum Gasteiger partial charge on any atom is -0.489 e. The van der Waals surface area contributed by atoms with Gasteiger partial charge in [-0.3, -0.25) is 9.69 Å². The summed E-state index contributed by atoms with van der Waals surface area (Å²) in [5, 5.41) is 8.10. The van der Waals surface area contributed by atoms with Gasteiger partial charge in [-0.1, -0.05) is 62.4 Å². The second-order valence-electron chi connectivity index (χ2n) is 17.9. The molecule has 2 aliphatic carbocycles. The van der Waals surface area contributed by atoms with Crippen LogP contribution < -0.4 is 24.4 Å². The van der Waals surface area contributed by atoms with Gasteiger partial charge in [-0.2, -0.15) is 0 Å². The number of nitroso groups, excluding NO2 is 1. The van der Waals surface area contributed by atoms with Crippen molar-refractivity contribution < 1.29 is 22.7 Å². The monoisotopic (exact) mass is 877 g/mol. The Morgan fingerprint density at radius 2 is 1.81 bits per heavy atom. The number of nitrogens with zero attached hydrogens (tertiary/aromatic N) is 4. The van der Waals surface area contributed by atoms with Gasteiger partial charge in [0.2, 0.25) is 0 Å². The number of carbonyl (C=O) groups is 1. The molecule has 1 amide bonds. The summed E-state index contributed by atoms with van der Waals surface area (Å²) < 4.78 is 42.4.